The van der Waals surface area contributed by atoms with Crippen LogP contribution < -0.4 is 0 Å². The molecule has 8 N–H and O–H groups in total. The van der Waals surface area contributed by atoms with Crippen molar-refractivity contribution in [2.45, 2.75) is 23.3 Å². The number of aliphatic carboxylic acids is 2. The fourth-order valence-electron chi connectivity index (χ4n) is 0.247. The summed E-state index contributed by atoms with van der Waals surface area (Å²) in [6.45, 7) is 0. The van der Waals surface area contributed by atoms with E-state index in [0.29, 0.717) is 12.8 Å². The van der Waals surface area contributed by atoms with Gasteiger partial charge >= 0.3 is 88.1 Å². The van der Waals surface area contributed by atoms with Crippen molar-refractivity contribution < 1.29 is 36.2 Å². The van der Waals surface area contributed by atoms with Crippen LogP contribution in [0.4, 0.5) is 0 Å². The molecule has 0 spiro atoms. The van der Waals surface area contributed by atoms with Crippen LogP contribution >= 0.6 is 0 Å². The summed E-state index contributed by atoms with van der Waals surface area (Å²) in [7, 11) is 0. The van der Waals surface area contributed by atoms with Gasteiger partial charge in [0.15, 0.2) is 0 Å². The first-order chi connectivity index (χ1) is 5.54. The molecule has 0 saturated carbocycles. The van der Waals surface area contributed by atoms with Gasteiger partial charge in [0.1, 0.15) is 0 Å². The van der Waals surface area contributed by atoms with E-state index in [4.69, 9.17) is 10.2 Å². The van der Waals surface area contributed by atoms with Crippen LogP contribution in [-0.4, -0.2) is 71.6 Å². The Bertz CT molecular complexity index is 125. The van der Waals surface area contributed by atoms with Crippen molar-refractivity contribution in [2.75, 3.05) is 0 Å². The van der Waals surface area contributed by atoms with E-state index in [1.165, 1.54) is 33.0 Å². The summed E-state index contributed by atoms with van der Waals surface area (Å²) in [5.74, 6) is -1.39. The van der Waals surface area contributed by atoms with Gasteiger partial charge in [0.2, 0.25) is 0 Å². The van der Waals surface area contributed by atoms with Crippen LogP contribution in [0, 0.1) is 0 Å². The molecule has 9 heteroatoms. The summed E-state index contributed by atoms with van der Waals surface area (Å²) in [6.07, 6.45) is 0.639. The van der Waals surface area contributed by atoms with E-state index in [1.807, 2.05) is 0 Å². The monoisotopic (exact) mass is 350 g/mol. The van der Waals surface area contributed by atoms with Gasteiger partial charge in [0, 0.05) is 0 Å². The van der Waals surface area contributed by atoms with E-state index in [1.54, 1.807) is 0 Å². The summed E-state index contributed by atoms with van der Waals surface area (Å²) in [4.78, 5) is 19.2. The van der Waals surface area contributed by atoms with Crippen LogP contribution in [0.15, 0.2) is 0 Å². The molecule has 0 bridgehead atoms. The molecule has 0 atom stereocenters. The predicted octanol–water partition coefficient (Wildman–Crippen LogP) is -2.91. The van der Waals surface area contributed by atoms with E-state index in [9.17, 15) is 9.59 Å². The van der Waals surface area contributed by atoms with Gasteiger partial charge in [-0.1, -0.05) is 0 Å². The molecule has 0 amide bonds. The first-order valence-electron chi connectivity index (χ1n) is 3.38. The molecular formula is C6H18Ge2O7. The molecule has 7 nitrogen and oxygen atoms in total. The van der Waals surface area contributed by atoms with Crippen LogP contribution in [0.3, 0.4) is 0 Å². The zero-order valence-corrected chi connectivity index (χ0v) is 13.0. The van der Waals surface area contributed by atoms with Gasteiger partial charge in [-0.2, -0.15) is 0 Å². The third-order valence-electron chi connectivity index (χ3n) is 0.716. The van der Waals surface area contributed by atoms with Gasteiger partial charge in [-0.25, -0.2) is 0 Å². The summed E-state index contributed by atoms with van der Waals surface area (Å²) < 4.78 is 0. The Balaban J connectivity index is -0.0000000370. The molecule has 0 unspecified atom stereocenters. The number of rotatable bonds is 4. The molecular weight excluding hydrogens is 329 g/mol. The number of carbonyl (C=O) groups is 2. The van der Waals surface area contributed by atoms with Gasteiger partial charge in [-0.3, -0.25) is 0 Å². The maximum absolute atomic E-state index is 9.61. The average Bonchev–Trinajstić information content (AvgIpc) is 1.87. The van der Waals surface area contributed by atoms with E-state index in [-0.39, 0.29) is 16.4 Å². The molecule has 0 saturated heterocycles. The zero-order chi connectivity index (χ0) is 9.98. The molecule has 0 rings (SSSR count). The molecule has 15 heavy (non-hydrogen) atoms. The van der Waals surface area contributed by atoms with Crippen molar-refractivity contribution in [3.8, 4) is 0 Å². The molecule has 0 aromatic heterocycles. The van der Waals surface area contributed by atoms with E-state index >= 15 is 0 Å². The summed E-state index contributed by atoms with van der Waals surface area (Å²) >= 11 is 2.93. The van der Waals surface area contributed by atoms with Crippen LogP contribution in [-0.2, 0) is 9.59 Å². The van der Waals surface area contributed by atoms with E-state index in [0.717, 1.165) is 10.5 Å². The SMILES string of the molecule is O.O.O.O=C(O)C[CH2][GeH].O=C(O)C[CH2][GeH]. The van der Waals surface area contributed by atoms with Crippen LogP contribution in [0.25, 0.3) is 0 Å². The standard InChI is InChI=1S/2C3H6GeO2.3H2O/c2*4-2-1-3(5)6;;;/h2*4H,1-2H2,(H,5,6);3*1H2. The topological polar surface area (TPSA) is 169 Å². The molecule has 0 aromatic carbocycles. The molecule has 0 aliphatic carbocycles. The van der Waals surface area contributed by atoms with Crippen molar-refractivity contribution >= 4 is 45.0 Å². The summed E-state index contributed by atoms with van der Waals surface area (Å²) in [6, 6.07) is 0. The van der Waals surface area contributed by atoms with Gasteiger partial charge < -0.3 is 16.4 Å². The molecule has 0 fully saturated rings. The Labute approximate surface area is 105 Å². The Morgan fingerprint density at radius 1 is 0.800 bits per heavy atom. The second-order valence-corrected chi connectivity index (χ2v) is 4.29. The van der Waals surface area contributed by atoms with Crippen molar-refractivity contribution in [3.05, 3.63) is 0 Å². The number of carboxylic acids is 2. The van der Waals surface area contributed by atoms with Gasteiger partial charge in [0.05, 0.1) is 0 Å². The van der Waals surface area contributed by atoms with Gasteiger partial charge in [-0.15, -0.1) is 0 Å². The third-order valence-corrected chi connectivity index (χ3v) is 1.93. The third kappa shape index (κ3) is 56.5. The van der Waals surface area contributed by atoms with E-state index in [2.05, 4.69) is 0 Å². The van der Waals surface area contributed by atoms with Gasteiger partial charge in [0.25, 0.3) is 0 Å². The molecule has 0 heterocycles. The van der Waals surface area contributed by atoms with Crippen molar-refractivity contribution in [2.24, 2.45) is 0 Å². The van der Waals surface area contributed by atoms with Crippen molar-refractivity contribution in [1.29, 1.82) is 0 Å². The normalized spacial score (nSPS) is 6.53. The van der Waals surface area contributed by atoms with Crippen LogP contribution in [0.2, 0.25) is 10.5 Å². The van der Waals surface area contributed by atoms with Gasteiger partial charge in [-0.05, 0) is 0 Å². The molecule has 4 radical (unpaired) electrons. The molecule has 0 aliphatic rings. The first kappa shape index (κ1) is 29.4. The first-order valence-corrected chi connectivity index (χ1v) is 6.81. The van der Waals surface area contributed by atoms with Crippen LogP contribution in [0.1, 0.15) is 12.8 Å². The fourth-order valence-corrected chi connectivity index (χ4v) is 1.28. The Kier molecular flexibility index (Phi) is 46.2. The minimum absolute atomic E-state index is 0. The average molecular weight is 347 g/mol. The van der Waals surface area contributed by atoms with Crippen molar-refractivity contribution in [1.82, 2.24) is 0 Å². The van der Waals surface area contributed by atoms with E-state index < -0.39 is 11.9 Å². The molecule has 0 aromatic rings. The second kappa shape index (κ2) is 23.6. The number of hydrogen-bond donors (Lipinski definition) is 2. The maximum atomic E-state index is 9.61. The second-order valence-electron chi connectivity index (χ2n) is 1.86. The Hall–Kier alpha value is -0.0943. The number of carboxylic acid groups (broad SMARTS) is 2. The summed E-state index contributed by atoms with van der Waals surface area (Å²) in [5, 5.41) is 17.4. The fraction of sp³-hybridized carbons (Fsp3) is 0.667. The Morgan fingerprint density at radius 3 is 1.00 bits per heavy atom. The summed E-state index contributed by atoms with van der Waals surface area (Å²) in [5.41, 5.74) is 0. The quantitative estimate of drug-likeness (QED) is 0.520. The minimum atomic E-state index is -0.695. The molecule has 92 valence electrons. The predicted molar refractivity (Wildman–Crippen MR) is 59.3 cm³/mol. The van der Waals surface area contributed by atoms with Crippen molar-refractivity contribution in [3.63, 3.8) is 0 Å². The number of hydrogen-bond acceptors (Lipinski definition) is 2. The molecule has 0 aliphatic heterocycles. The zero-order valence-electron chi connectivity index (χ0n) is 8.19. The Morgan fingerprint density at radius 2 is 1.00 bits per heavy atom. The van der Waals surface area contributed by atoms with Crippen LogP contribution in [0.5, 0.6) is 0 Å².